The largest absolute Gasteiger partial charge is 0.494 e. The van der Waals surface area contributed by atoms with Crippen LogP contribution in [-0.2, 0) is 9.59 Å². The lowest BCUT2D eigenvalue weighted by Crippen LogP contribution is -2.54. The van der Waals surface area contributed by atoms with Crippen LogP contribution in [0.2, 0.25) is 0 Å². The van der Waals surface area contributed by atoms with E-state index in [2.05, 4.69) is 12.1 Å². The molecule has 2 aromatic rings. The van der Waals surface area contributed by atoms with Crippen LogP contribution in [0.5, 0.6) is 5.75 Å². The molecule has 0 atom stereocenters. The molecular formula is C19H22N2O3. The Kier molecular flexibility index (Phi) is 4.99. The number of likely N-dealkylation sites (N-methyl/N-ethyl adjacent to an activating group) is 1. The number of benzene rings is 2. The Morgan fingerprint density at radius 1 is 0.958 bits per heavy atom. The standard InChI is InChI=1S/C19H22N2O3/c1-2-20-11-12-21(19(23)18(20)22)10-5-13-24-17-9-8-15-6-3-4-7-16(15)14-17/h3-4,6-9,14H,2,5,10-13H2,1H3. The zero-order valence-corrected chi connectivity index (χ0v) is 13.9. The van der Waals surface area contributed by atoms with E-state index < -0.39 is 5.91 Å². The fraction of sp³-hybridized carbons (Fsp3) is 0.368. The molecule has 0 N–H and O–H groups in total. The zero-order valence-electron chi connectivity index (χ0n) is 13.9. The smallest absolute Gasteiger partial charge is 0.312 e. The molecule has 0 aromatic heterocycles. The van der Waals surface area contributed by atoms with E-state index in [1.165, 1.54) is 5.39 Å². The van der Waals surface area contributed by atoms with Crippen molar-refractivity contribution >= 4 is 22.6 Å². The van der Waals surface area contributed by atoms with Gasteiger partial charge in [0, 0.05) is 26.2 Å². The van der Waals surface area contributed by atoms with Crippen LogP contribution in [0, 0.1) is 0 Å². The predicted octanol–water partition coefficient (Wildman–Crippen LogP) is 2.30. The Bertz CT molecular complexity index is 744. The molecule has 1 saturated heterocycles. The van der Waals surface area contributed by atoms with Gasteiger partial charge in [-0.05, 0) is 36.2 Å². The summed E-state index contributed by atoms with van der Waals surface area (Å²) in [4.78, 5) is 27.1. The zero-order chi connectivity index (χ0) is 16.9. The number of amides is 2. The molecule has 1 fully saturated rings. The third-order valence-electron chi connectivity index (χ3n) is 4.34. The maximum atomic E-state index is 12.0. The molecule has 0 radical (unpaired) electrons. The molecule has 2 amide bonds. The number of fused-ring (bicyclic) bond motifs is 1. The molecule has 1 aliphatic rings. The van der Waals surface area contributed by atoms with Gasteiger partial charge < -0.3 is 14.5 Å². The van der Waals surface area contributed by atoms with Crippen molar-refractivity contribution in [3.63, 3.8) is 0 Å². The van der Waals surface area contributed by atoms with Gasteiger partial charge in [0.15, 0.2) is 0 Å². The van der Waals surface area contributed by atoms with E-state index in [1.807, 2.05) is 37.3 Å². The van der Waals surface area contributed by atoms with Crippen molar-refractivity contribution in [3.05, 3.63) is 42.5 Å². The second kappa shape index (κ2) is 7.34. The van der Waals surface area contributed by atoms with Gasteiger partial charge in [-0.25, -0.2) is 0 Å². The molecule has 5 nitrogen and oxygen atoms in total. The molecule has 0 aliphatic carbocycles. The molecule has 126 valence electrons. The fourth-order valence-corrected chi connectivity index (χ4v) is 2.93. The minimum atomic E-state index is -0.395. The van der Waals surface area contributed by atoms with Crippen LogP contribution < -0.4 is 4.74 Å². The van der Waals surface area contributed by atoms with Crippen LogP contribution in [0.1, 0.15) is 13.3 Å². The van der Waals surface area contributed by atoms with E-state index in [9.17, 15) is 9.59 Å². The van der Waals surface area contributed by atoms with Crippen molar-refractivity contribution in [2.45, 2.75) is 13.3 Å². The first-order valence-electron chi connectivity index (χ1n) is 8.39. The van der Waals surface area contributed by atoms with E-state index in [4.69, 9.17) is 4.74 Å². The first kappa shape index (κ1) is 16.3. The molecular weight excluding hydrogens is 304 g/mol. The highest BCUT2D eigenvalue weighted by Crippen LogP contribution is 2.20. The van der Waals surface area contributed by atoms with E-state index in [0.29, 0.717) is 39.2 Å². The van der Waals surface area contributed by atoms with Crippen LogP contribution in [-0.4, -0.2) is 54.4 Å². The van der Waals surface area contributed by atoms with E-state index in [1.54, 1.807) is 9.80 Å². The van der Waals surface area contributed by atoms with Crippen molar-refractivity contribution in [1.29, 1.82) is 0 Å². The van der Waals surface area contributed by atoms with Gasteiger partial charge in [-0.1, -0.05) is 30.3 Å². The third-order valence-corrected chi connectivity index (χ3v) is 4.34. The summed E-state index contributed by atoms with van der Waals surface area (Å²) in [6.45, 7) is 4.77. The molecule has 0 unspecified atom stereocenters. The SMILES string of the molecule is CCN1CCN(CCCOc2ccc3ccccc3c2)C(=O)C1=O. The molecule has 0 bridgehead atoms. The highest BCUT2D eigenvalue weighted by atomic mass is 16.5. The van der Waals surface area contributed by atoms with E-state index >= 15 is 0 Å². The fourth-order valence-electron chi connectivity index (χ4n) is 2.93. The average molecular weight is 326 g/mol. The molecule has 5 heteroatoms. The van der Waals surface area contributed by atoms with Gasteiger partial charge in [0.05, 0.1) is 6.61 Å². The Hall–Kier alpha value is -2.56. The van der Waals surface area contributed by atoms with Crippen molar-refractivity contribution in [3.8, 4) is 5.75 Å². The van der Waals surface area contributed by atoms with Crippen LogP contribution in [0.15, 0.2) is 42.5 Å². The lowest BCUT2D eigenvalue weighted by Gasteiger charge is -2.33. The summed E-state index contributed by atoms with van der Waals surface area (Å²) in [7, 11) is 0. The normalized spacial score (nSPS) is 15.2. The van der Waals surface area contributed by atoms with Gasteiger partial charge in [-0.15, -0.1) is 0 Å². The minimum Gasteiger partial charge on any atom is -0.494 e. The number of carbonyl (C=O) groups is 2. The quantitative estimate of drug-likeness (QED) is 0.604. The third kappa shape index (κ3) is 3.50. The molecule has 24 heavy (non-hydrogen) atoms. The number of piperazine rings is 1. The van der Waals surface area contributed by atoms with Crippen LogP contribution in [0.3, 0.4) is 0 Å². The number of ether oxygens (including phenoxy) is 1. The number of rotatable bonds is 6. The molecule has 3 rings (SSSR count). The van der Waals surface area contributed by atoms with Crippen LogP contribution >= 0.6 is 0 Å². The summed E-state index contributed by atoms with van der Waals surface area (Å²) >= 11 is 0. The van der Waals surface area contributed by atoms with Crippen molar-refractivity contribution < 1.29 is 14.3 Å². The van der Waals surface area contributed by atoms with Crippen molar-refractivity contribution in [1.82, 2.24) is 9.80 Å². The highest BCUT2D eigenvalue weighted by Gasteiger charge is 2.30. The number of nitrogens with zero attached hydrogens (tertiary/aromatic N) is 2. The Morgan fingerprint density at radius 3 is 2.46 bits per heavy atom. The second-order valence-corrected chi connectivity index (χ2v) is 5.89. The maximum absolute atomic E-state index is 12.0. The summed E-state index contributed by atoms with van der Waals surface area (Å²) in [6, 6.07) is 14.2. The topological polar surface area (TPSA) is 49.9 Å². The summed E-state index contributed by atoms with van der Waals surface area (Å²) < 4.78 is 5.78. The first-order valence-corrected chi connectivity index (χ1v) is 8.39. The summed E-state index contributed by atoms with van der Waals surface area (Å²) in [5.41, 5.74) is 0. The van der Waals surface area contributed by atoms with Crippen molar-refractivity contribution in [2.24, 2.45) is 0 Å². The Labute approximate surface area is 141 Å². The van der Waals surface area contributed by atoms with Gasteiger partial charge >= 0.3 is 11.8 Å². The van der Waals surface area contributed by atoms with Gasteiger partial charge in [-0.2, -0.15) is 0 Å². The van der Waals surface area contributed by atoms with Gasteiger partial charge in [0.2, 0.25) is 0 Å². The second-order valence-electron chi connectivity index (χ2n) is 5.89. The molecule has 0 saturated carbocycles. The Morgan fingerprint density at radius 2 is 1.67 bits per heavy atom. The lowest BCUT2D eigenvalue weighted by molar-refractivity contribution is -0.155. The first-order chi connectivity index (χ1) is 11.7. The Balaban J connectivity index is 1.48. The minimum absolute atomic E-state index is 0.390. The molecule has 2 aromatic carbocycles. The monoisotopic (exact) mass is 326 g/mol. The van der Waals surface area contributed by atoms with Gasteiger partial charge in [0.25, 0.3) is 0 Å². The molecule has 1 aliphatic heterocycles. The predicted molar refractivity (Wildman–Crippen MR) is 92.9 cm³/mol. The van der Waals surface area contributed by atoms with Gasteiger partial charge in [0.1, 0.15) is 5.75 Å². The van der Waals surface area contributed by atoms with E-state index in [-0.39, 0.29) is 5.91 Å². The van der Waals surface area contributed by atoms with Gasteiger partial charge in [-0.3, -0.25) is 9.59 Å². The van der Waals surface area contributed by atoms with E-state index in [0.717, 1.165) is 11.1 Å². The molecule has 1 heterocycles. The summed E-state index contributed by atoms with van der Waals surface area (Å²) in [6.07, 6.45) is 0.706. The maximum Gasteiger partial charge on any atom is 0.312 e. The number of hydrogen-bond donors (Lipinski definition) is 0. The average Bonchev–Trinajstić information content (AvgIpc) is 2.62. The highest BCUT2D eigenvalue weighted by molar-refractivity contribution is 6.35. The number of hydrogen-bond acceptors (Lipinski definition) is 3. The lowest BCUT2D eigenvalue weighted by atomic mass is 10.1. The van der Waals surface area contributed by atoms with Crippen LogP contribution in [0.25, 0.3) is 10.8 Å². The summed E-state index contributed by atoms with van der Waals surface area (Å²) in [5.74, 6) is 0.0416. The number of carbonyl (C=O) groups excluding carboxylic acids is 2. The summed E-state index contributed by atoms with van der Waals surface area (Å²) in [5, 5.41) is 2.33. The molecule has 0 spiro atoms. The van der Waals surface area contributed by atoms with Crippen LogP contribution in [0.4, 0.5) is 0 Å². The van der Waals surface area contributed by atoms with Crippen molar-refractivity contribution in [2.75, 3.05) is 32.8 Å².